The topological polar surface area (TPSA) is 66.5 Å². The maximum Gasteiger partial charge on any atom is 0.205 e. The standard InChI is InChI=1S/C11H6Cl3N5/c12-5-1-2-6-7(3-5)16-11(15-6)17-8-4-9(13)18-19-10(8)14/h1-4H,(H2,15,16,17,18). The second-order valence-electron chi connectivity index (χ2n) is 3.74. The number of nitrogens with zero attached hydrogens (tertiary/aromatic N) is 3. The largest absolute Gasteiger partial charge is 0.324 e. The van der Waals surface area contributed by atoms with Crippen LogP contribution < -0.4 is 5.32 Å². The molecule has 19 heavy (non-hydrogen) atoms. The first-order valence-corrected chi connectivity index (χ1v) is 6.36. The molecule has 8 heteroatoms. The van der Waals surface area contributed by atoms with E-state index in [1.54, 1.807) is 18.2 Å². The van der Waals surface area contributed by atoms with Crippen molar-refractivity contribution in [3.63, 3.8) is 0 Å². The third kappa shape index (κ3) is 2.58. The molecule has 2 heterocycles. The molecule has 0 saturated heterocycles. The van der Waals surface area contributed by atoms with Gasteiger partial charge in [0.05, 0.1) is 16.7 Å². The monoisotopic (exact) mass is 313 g/mol. The third-order valence-electron chi connectivity index (χ3n) is 2.42. The Balaban J connectivity index is 1.98. The molecule has 0 aliphatic rings. The highest BCUT2D eigenvalue weighted by atomic mass is 35.5. The maximum absolute atomic E-state index is 5.91. The highest BCUT2D eigenvalue weighted by Crippen LogP contribution is 2.25. The fraction of sp³-hybridized carbons (Fsp3) is 0. The lowest BCUT2D eigenvalue weighted by Crippen LogP contribution is -1.96. The summed E-state index contributed by atoms with van der Waals surface area (Å²) in [6.45, 7) is 0. The molecule has 3 aromatic rings. The molecule has 2 aromatic heterocycles. The fourth-order valence-electron chi connectivity index (χ4n) is 1.61. The summed E-state index contributed by atoms with van der Waals surface area (Å²) in [5.74, 6) is 0.517. The van der Waals surface area contributed by atoms with Gasteiger partial charge >= 0.3 is 0 Å². The summed E-state index contributed by atoms with van der Waals surface area (Å²) < 4.78 is 0. The lowest BCUT2D eigenvalue weighted by atomic mass is 10.3. The van der Waals surface area contributed by atoms with Crippen LogP contribution in [0.4, 0.5) is 11.6 Å². The van der Waals surface area contributed by atoms with Gasteiger partial charge in [0.15, 0.2) is 10.3 Å². The molecule has 0 spiro atoms. The second kappa shape index (κ2) is 4.85. The van der Waals surface area contributed by atoms with E-state index in [9.17, 15) is 0 Å². The Kier molecular flexibility index (Phi) is 3.18. The Morgan fingerprint density at radius 1 is 1.05 bits per heavy atom. The van der Waals surface area contributed by atoms with E-state index in [0.29, 0.717) is 16.7 Å². The van der Waals surface area contributed by atoms with E-state index < -0.39 is 0 Å². The minimum atomic E-state index is 0.211. The average molecular weight is 315 g/mol. The lowest BCUT2D eigenvalue weighted by molar-refractivity contribution is 1.03. The van der Waals surface area contributed by atoms with Gasteiger partial charge in [0.25, 0.3) is 0 Å². The second-order valence-corrected chi connectivity index (χ2v) is 4.93. The number of anilines is 2. The highest BCUT2D eigenvalue weighted by Gasteiger charge is 2.08. The number of rotatable bonds is 2. The van der Waals surface area contributed by atoms with E-state index in [-0.39, 0.29) is 10.3 Å². The molecule has 0 amide bonds. The van der Waals surface area contributed by atoms with Crippen LogP contribution in [0.2, 0.25) is 15.3 Å². The minimum Gasteiger partial charge on any atom is -0.324 e. The molecule has 3 rings (SSSR count). The Hall–Kier alpha value is -1.56. The predicted octanol–water partition coefficient (Wildman–Crippen LogP) is 4.06. The van der Waals surface area contributed by atoms with Gasteiger partial charge in [-0.05, 0) is 18.2 Å². The summed E-state index contributed by atoms with van der Waals surface area (Å²) in [6, 6.07) is 6.94. The number of aromatic amines is 1. The fourth-order valence-corrected chi connectivity index (χ4v) is 2.07. The molecule has 0 aliphatic heterocycles. The van der Waals surface area contributed by atoms with Crippen molar-refractivity contribution >= 4 is 57.5 Å². The summed E-state index contributed by atoms with van der Waals surface area (Å²) in [6.07, 6.45) is 0. The normalized spacial score (nSPS) is 10.9. The zero-order valence-corrected chi connectivity index (χ0v) is 11.6. The van der Waals surface area contributed by atoms with Crippen molar-refractivity contribution in [1.82, 2.24) is 20.2 Å². The summed E-state index contributed by atoms with van der Waals surface area (Å²) >= 11 is 17.6. The number of benzene rings is 1. The van der Waals surface area contributed by atoms with E-state index in [0.717, 1.165) is 11.0 Å². The van der Waals surface area contributed by atoms with Crippen molar-refractivity contribution in [2.24, 2.45) is 0 Å². The Morgan fingerprint density at radius 2 is 1.89 bits per heavy atom. The molecule has 0 aliphatic carbocycles. The number of hydrogen-bond donors (Lipinski definition) is 2. The Bertz CT molecular complexity index is 755. The van der Waals surface area contributed by atoms with E-state index in [2.05, 4.69) is 25.5 Å². The van der Waals surface area contributed by atoms with Crippen LogP contribution >= 0.6 is 34.8 Å². The van der Waals surface area contributed by atoms with Crippen molar-refractivity contribution in [3.8, 4) is 0 Å². The quantitative estimate of drug-likeness (QED) is 0.748. The van der Waals surface area contributed by atoms with Crippen molar-refractivity contribution in [2.75, 3.05) is 5.32 Å². The third-order valence-corrected chi connectivity index (χ3v) is 3.12. The van der Waals surface area contributed by atoms with Gasteiger partial charge in [-0.1, -0.05) is 34.8 Å². The highest BCUT2D eigenvalue weighted by molar-refractivity contribution is 6.33. The summed E-state index contributed by atoms with van der Waals surface area (Å²) in [5, 5.41) is 11.4. The van der Waals surface area contributed by atoms with Crippen LogP contribution in [0.1, 0.15) is 0 Å². The number of halogens is 3. The number of imidazole rings is 1. The molecule has 0 radical (unpaired) electrons. The molecule has 0 fully saturated rings. The molecule has 96 valence electrons. The van der Waals surface area contributed by atoms with E-state index in [1.807, 2.05) is 6.07 Å². The van der Waals surface area contributed by atoms with Gasteiger partial charge in [0.2, 0.25) is 5.95 Å². The summed E-state index contributed by atoms with van der Waals surface area (Å²) in [5.41, 5.74) is 2.13. The number of H-pyrrole nitrogens is 1. The first-order valence-electron chi connectivity index (χ1n) is 5.23. The summed E-state index contributed by atoms with van der Waals surface area (Å²) in [4.78, 5) is 7.42. The molecule has 0 saturated carbocycles. The molecule has 0 unspecified atom stereocenters. The van der Waals surface area contributed by atoms with E-state index in [4.69, 9.17) is 34.8 Å². The van der Waals surface area contributed by atoms with Crippen molar-refractivity contribution in [2.45, 2.75) is 0 Å². The van der Waals surface area contributed by atoms with Crippen molar-refractivity contribution < 1.29 is 0 Å². The zero-order valence-electron chi connectivity index (χ0n) is 9.28. The Labute approximate surface area is 122 Å². The van der Waals surface area contributed by atoms with Gasteiger partial charge < -0.3 is 10.3 Å². The molecular formula is C11H6Cl3N5. The van der Waals surface area contributed by atoms with Crippen LogP contribution in [0.5, 0.6) is 0 Å². The number of hydrogen-bond acceptors (Lipinski definition) is 4. The molecule has 2 N–H and O–H groups in total. The smallest absolute Gasteiger partial charge is 0.205 e. The average Bonchev–Trinajstić information content (AvgIpc) is 2.75. The van der Waals surface area contributed by atoms with Crippen LogP contribution in [-0.2, 0) is 0 Å². The van der Waals surface area contributed by atoms with Crippen LogP contribution in [-0.4, -0.2) is 20.2 Å². The van der Waals surface area contributed by atoms with Gasteiger partial charge in [-0.3, -0.25) is 0 Å². The SMILES string of the molecule is Clc1ccc2nc(Nc3cc(Cl)nnc3Cl)[nH]c2c1. The number of aromatic nitrogens is 4. The van der Waals surface area contributed by atoms with Crippen molar-refractivity contribution in [1.29, 1.82) is 0 Å². The van der Waals surface area contributed by atoms with E-state index in [1.165, 1.54) is 0 Å². The van der Waals surface area contributed by atoms with Crippen LogP contribution in [0.3, 0.4) is 0 Å². The molecule has 0 bridgehead atoms. The van der Waals surface area contributed by atoms with Gasteiger partial charge in [-0.25, -0.2) is 4.98 Å². The minimum absolute atomic E-state index is 0.211. The van der Waals surface area contributed by atoms with Gasteiger partial charge in [-0.15, -0.1) is 10.2 Å². The molecule has 0 atom stereocenters. The predicted molar refractivity (Wildman–Crippen MR) is 76.4 cm³/mol. The van der Waals surface area contributed by atoms with Crippen LogP contribution in [0.15, 0.2) is 24.3 Å². The number of nitrogens with one attached hydrogen (secondary N) is 2. The van der Waals surface area contributed by atoms with Gasteiger partial charge in [-0.2, -0.15) is 0 Å². The lowest BCUT2D eigenvalue weighted by Gasteiger charge is -2.03. The number of fused-ring (bicyclic) bond motifs is 1. The molecule has 1 aromatic carbocycles. The van der Waals surface area contributed by atoms with E-state index >= 15 is 0 Å². The van der Waals surface area contributed by atoms with Gasteiger partial charge in [0, 0.05) is 11.1 Å². The first kappa shape index (κ1) is 12.5. The molecular weight excluding hydrogens is 309 g/mol. The zero-order chi connectivity index (χ0) is 13.4. The van der Waals surface area contributed by atoms with Crippen LogP contribution in [0, 0.1) is 0 Å². The van der Waals surface area contributed by atoms with Crippen LogP contribution in [0.25, 0.3) is 11.0 Å². The first-order chi connectivity index (χ1) is 9.11. The van der Waals surface area contributed by atoms with Crippen molar-refractivity contribution in [3.05, 3.63) is 39.6 Å². The molecule has 5 nitrogen and oxygen atoms in total. The maximum atomic E-state index is 5.91. The summed E-state index contributed by atoms with van der Waals surface area (Å²) in [7, 11) is 0. The van der Waals surface area contributed by atoms with Gasteiger partial charge in [0.1, 0.15) is 0 Å². The Morgan fingerprint density at radius 3 is 2.74 bits per heavy atom.